The molecule has 3 aromatic rings. The first-order valence-corrected chi connectivity index (χ1v) is 8.32. The molecule has 6 heteroatoms. The summed E-state index contributed by atoms with van der Waals surface area (Å²) in [5.74, 6) is 0.628. The monoisotopic (exact) mass is 333 g/mol. The first-order chi connectivity index (χ1) is 12.2. The molecule has 0 aliphatic carbocycles. The third-order valence-corrected chi connectivity index (χ3v) is 4.51. The van der Waals surface area contributed by atoms with Crippen LogP contribution in [-0.4, -0.2) is 26.5 Å². The number of anilines is 1. The number of nitrogens with two attached hydrogens (primary N) is 1. The fraction of sp³-hybridized carbons (Fsp3) is 0.211. The molecule has 3 heterocycles. The minimum absolute atomic E-state index is 0.214. The predicted molar refractivity (Wildman–Crippen MR) is 96.1 cm³/mol. The summed E-state index contributed by atoms with van der Waals surface area (Å²) >= 11 is 0. The van der Waals surface area contributed by atoms with Crippen LogP contribution in [0.5, 0.6) is 0 Å². The Hall–Kier alpha value is -3.15. The van der Waals surface area contributed by atoms with Crippen LogP contribution in [0.4, 0.5) is 5.69 Å². The molecule has 6 nitrogen and oxygen atoms in total. The maximum atomic E-state index is 11.5. The lowest BCUT2D eigenvalue weighted by Gasteiger charge is -2.26. The summed E-state index contributed by atoms with van der Waals surface area (Å²) in [5, 5.41) is 3.43. The van der Waals surface area contributed by atoms with E-state index in [-0.39, 0.29) is 6.04 Å². The number of amides is 1. The molecule has 0 saturated carbocycles. The third kappa shape index (κ3) is 3.10. The standard InChI is InChI=1S/C19H19N5O/c20-19(25)15-10-21-9-8-16(15)22-14-6-7-18-23-17(12-24(18)11-14)13-4-2-1-3-5-13/h1-5,8-10,12,14H,6-7,11H2,(H2,20,25)(H,21,22). The maximum Gasteiger partial charge on any atom is 0.252 e. The van der Waals surface area contributed by atoms with Gasteiger partial charge in [-0.2, -0.15) is 0 Å². The molecule has 1 unspecified atom stereocenters. The molecule has 2 aromatic heterocycles. The van der Waals surface area contributed by atoms with Crippen molar-refractivity contribution in [3.05, 3.63) is 66.4 Å². The van der Waals surface area contributed by atoms with Crippen LogP contribution in [0.15, 0.2) is 55.0 Å². The summed E-state index contributed by atoms with van der Waals surface area (Å²) < 4.78 is 2.19. The second-order valence-corrected chi connectivity index (χ2v) is 6.23. The van der Waals surface area contributed by atoms with E-state index >= 15 is 0 Å². The van der Waals surface area contributed by atoms with Gasteiger partial charge in [0.25, 0.3) is 5.91 Å². The topological polar surface area (TPSA) is 85.8 Å². The van der Waals surface area contributed by atoms with E-state index in [1.807, 2.05) is 18.2 Å². The number of primary amides is 1. The summed E-state index contributed by atoms with van der Waals surface area (Å²) in [5.41, 5.74) is 8.71. The summed E-state index contributed by atoms with van der Waals surface area (Å²) in [6.45, 7) is 0.801. The number of benzene rings is 1. The number of carbonyl (C=O) groups excluding carboxylic acids is 1. The molecule has 0 fully saturated rings. The number of imidazole rings is 1. The minimum atomic E-state index is -0.471. The Morgan fingerprint density at radius 3 is 2.88 bits per heavy atom. The van der Waals surface area contributed by atoms with Crippen molar-refractivity contribution in [1.29, 1.82) is 0 Å². The smallest absolute Gasteiger partial charge is 0.252 e. The molecular formula is C19H19N5O. The number of aryl methyl sites for hydroxylation is 1. The van der Waals surface area contributed by atoms with Gasteiger partial charge in [-0.25, -0.2) is 4.98 Å². The molecule has 126 valence electrons. The Bertz CT molecular complexity index is 903. The molecule has 1 atom stereocenters. The van der Waals surface area contributed by atoms with Gasteiger partial charge in [-0.3, -0.25) is 9.78 Å². The van der Waals surface area contributed by atoms with Crippen LogP contribution in [0.25, 0.3) is 11.3 Å². The lowest BCUT2D eigenvalue weighted by Crippen LogP contribution is -2.32. The van der Waals surface area contributed by atoms with E-state index in [0.717, 1.165) is 42.2 Å². The summed E-state index contributed by atoms with van der Waals surface area (Å²) in [7, 11) is 0. The molecule has 1 aliphatic rings. The van der Waals surface area contributed by atoms with Crippen LogP contribution >= 0.6 is 0 Å². The number of nitrogens with one attached hydrogen (secondary N) is 1. The first kappa shape index (κ1) is 15.4. The summed E-state index contributed by atoms with van der Waals surface area (Å²) in [4.78, 5) is 20.3. The zero-order valence-electron chi connectivity index (χ0n) is 13.7. The Morgan fingerprint density at radius 2 is 2.08 bits per heavy atom. The van der Waals surface area contributed by atoms with Gasteiger partial charge in [0.2, 0.25) is 0 Å². The molecule has 0 spiro atoms. The van der Waals surface area contributed by atoms with E-state index in [4.69, 9.17) is 10.7 Å². The van der Waals surface area contributed by atoms with Gasteiger partial charge in [0.15, 0.2) is 0 Å². The van der Waals surface area contributed by atoms with Crippen LogP contribution in [0.2, 0.25) is 0 Å². The van der Waals surface area contributed by atoms with Gasteiger partial charge in [-0.05, 0) is 12.5 Å². The molecule has 1 amide bonds. The molecule has 0 bridgehead atoms. The number of rotatable bonds is 4. The number of hydrogen-bond acceptors (Lipinski definition) is 4. The third-order valence-electron chi connectivity index (χ3n) is 4.51. The summed E-state index contributed by atoms with van der Waals surface area (Å²) in [6, 6.07) is 12.2. The van der Waals surface area contributed by atoms with E-state index in [0.29, 0.717) is 5.56 Å². The first-order valence-electron chi connectivity index (χ1n) is 8.32. The van der Waals surface area contributed by atoms with Crippen LogP contribution < -0.4 is 11.1 Å². The normalized spacial score (nSPS) is 16.2. The second kappa shape index (κ2) is 6.39. The molecule has 3 N–H and O–H groups in total. The highest BCUT2D eigenvalue weighted by atomic mass is 16.1. The van der Waals surface area contributed by atoms with Crippen LogP contribution in [0.1, 0.15) is 22.6 Å². The van der Waals surface area contributed by atoms with Crippen molar-refractivity contribution in [2.24, 2.45) is 5.73 Å². The maximum absolute atomic E-state index is 11.5. The van der Waals surface area contributed by atoms with E-state index in [1.54, 1.807) is 12.3 Å². The van der Waals surface area contributed by atoms with Gasteiger partial charge in [0.05, 0.1) is 16.9 Å². The highest BCUT2D eigenvalue weighted by Gasteiger charge is 2.22. The Morgan fingerprint density at radius 1 is 1.24 bits per heavy atom. The average molecular weight is 333 g/mol. The van der Waals surface area contributed by atoms with Gasteiger partial charge in [-0.15, -0.1) is 0 Å². The molecule has 1 aromatic carbocycles. The van der Waals surface area contributed by atoms with Crippen LogP contribution in [0.3, 0.4) is 0 Å². The Kier molecular flexibility index (Phi) is 3.93. The number of aromatic nitrogens is 3. The lowest BCUT2D eigenvalue weighted by molar-refractivity contribution is 0.100. The highest BCUT2D eigenvalue weighted by molar-refractivity contribution is 5.98. The second-order valence-electron chi connectivity index (χ2n) is 6.23. The van der Waals surface area contributed by atoms with Crippen molar-refractivity contribution >= 4 is 11.6 Å². The van der Waals surface area contributed by atoms with Crippen molar-refractivity contribution in [3.63, 3.8) is 0 Å². The van der Waals surface area contributed by atoms with Crippen LogP contribution in [-0.2, 0) is 13.0 Å². The number of carbonyl (C=O) groups is 1. The van der Waals surface area contributed by atoms with E-state index < -0.39 is 5.91 Å². The summed E-state index contributed by atoms with van der Waals surface area (Å²) in [6.07, 6.45) is 7.10. The zero-order valence-corrected chi connectivity index (χ0v) is 13.7. The Labute approximate surface area is 145 Å². The molecule has 0 radical (unpaired) electrons. The molecule has 1 aliphatic heterocycles. The molecule has 25 heavy (non-hydrogen) atoms. The van der Waals surface area contributed by atoms with Gasteiger partial charge >= 0.3 is 0 Å². The lowest BCUT2D eigenvalue weighted by atomic mass is 10.1. The quantitative estimate of drug-likeness (QED) is 0.768. The van der Waals surface area contributed by atoms with Crippen molar-refractivity contribution in [2.75, 3.05) is 5.32 Å². The SMILES string of the molecule is NC(=O)c1cnccc1NC1CCc2nc(-c3ccccc3)cn2C1. The minimum Gasteiger partial charge on any atom is -0.380 e. The Balaban J connectivity index is 1.54. The average Bonchev–Trinajstić information content (AvgIpc) is 3.06. The number of hydrogen-bond donors (Lipinski definition) is 2. The predicted octanol–water partition coefficient (Wildman–Crippen LogP) is 2.47. The van der Waals surface area contributed by atoms with Crippen molar-refractivity contribution < 1.29 is 4.79 Å². The van der Waals surface area contributed by atoms with E-state index in [9.17, 15) is 4.79 Å². The van der Waals surface area contributed by atoms with E-state index in [1.165, 1.54) is 6.20 Å². The fourth-order valence-electron chi connectivity index (χ4n) is 3.25. The largest absolute Gasteiger partial charge is 0.380 e. The van der Waals surface area contributed by atoms with Crippen molar-refractivity contribution in [3.8, 4) is 11.3 Å². The fourth-order valence-corrected chi connectivity index (χ4v) is 3.25. The van der Waals surface area contributed by atoms with Gasteiger partial charge in [0, 0.05) is 43.2 Å². The van der Waals surface area contributed by atoms with Gasteiger partial charge in [0.1, 0.15) is 5.82 Å². The van der Waals surface area contributed by atoms with Crippen molar-refractivity contribution in [1.82, 2.24) is 14.5 Å². The molecular weight excluding hydrogens is 314 g/mol. The zero-order chi connectivity index (χ0) is 17.2. The molecule has 4 rings (SSSR count). The van der Waals surface area contributed by atoms with Crippen molar-refractivity contribution in [2.45, 2.75) is 25.4 Å². The highest BCUT2D eigenvalue weighted by Crippen LogP contribution is 2.24. The molecule has 0 saturated heterocycles. The number of nitrogens with zero attached hydrogens (tertiary/aromatic N) is 3. The number of pyridine rings is 1. The number of fused-ring (bicyclic) bond motifs is 1. The van der Waals surface area contributed by atoms with Gasteiger partial charge in [-0.1, -0.05) is 30.3 Å². The van der Waals surface area contributed by atoms with E-state index in [2.05, 4.69) is 33.2 Å². The van der Waals surface area contributed by atoms with Crippen LogP contribution in [0, 0.1) is 0 Å². The van der Waals surface area contributed by atoms with Gasteiger partial charge < -0.3 is 15.6 Å².